The summed E-state index contributed by atoms with van der Waals surface area (Å²) >= 11 is 0. The maximum Gasteiger partial charge on any atom is 0.164 e. The molecule has 5 nitrogen and oxygen atoms in total. The highest BCUT2D eigenvalue weighted by Gasteiger charge is 2.38. The summed E-state index contributed by atoms with van der Waals surface area (Å²) in [5.74, 6) is 1.76. The Hall–Kier alpha value is -9.19. The molecule has 0 radical (unpaired) electrons. The molecule has 5 heteroatoms. The SMILES string of the molecule is CC1(C)c2ccccc2-c2cccc(-c3ccc(-c4cc(-c5ccc(-c6cccc7c6C(C)(C)c6ccccc6-7)cc5)cc(-c5nc(-c6ccc7ncccc7c6)nc(-c6ccc7ncccc7c6)n5)c4)cc3)c21. The van der Waals surface area contributed by atoms with Gasteiger partial charge in [-0.15, -0.1) is 0 Å². The first kappa shape index (κ1) is 43.6. The first-order valence-corrected chi connectivity index (χ1v) is 25.5. The molecule has 0 aliphatic heterocycles. The maximum atomic E-state index is 5.32. The second kappa shape index (κ2) is 16.7. The Labute approximate surface area is 431 Å². The molecule has 12 aromatic rings. The van der Waals surface area contributed by atoms with Crippen molar-refractivity contribution in [2.75, 3.05) is 0 Å². The van der Waals surface area contributed by atoms with Crippen LogP contribution in [0.4, 0.5) is 0 Å². The largest absolute Gasteiger partial charge is 0.256 e. The summed E-state index contributed by atoms with van der Waals surface area (Å²) < 4.78 is 0. The third kappa shape index (κ3) is 7.03. The van der Waals surface area contributed by atoms with Gasteiger partial charge in [-0.2, -0.15) is 0 Å². The van der Waals surface area contributed by atoms with Gasteiger partial charge in [-0.1, -0.05) is 173 Å². The first-order valence-electron chi connectivity index (χ1n) is 25.5. The second-order valence-electron chi connectivity index (χ2n) is 20.9. The van der Waals surface area contributed by atoms with Crippen molar-refractivity contribution in [3.8, 4) is 101 Å². The van der Waals surface area contributed by atoms with E-state index in [1.807, 2.05) is 36.7 Å². The van der Waals surface area contributed by atoms with Gasteiger partial charge in [-0.25, -0.2) is 15.0 Å². The topological polar surface area (TPSA) is 64.5 Å². The Morgan fingerprint density at radius 3 is 1.09 bits per heavy atom. The Balaban J connectivity index is 0.921. The highest BCUT2D eigenvalue weighted by molar-refractivity contribution is 5.92. The quantitative estimate of drug-likeness (QED) is 0.159. The zero-order chi connectivity index (χ0) is 49.7. The van der Waals surface area contributed by atoms with E-state index in [0.717, 1.165) is 60.8 Å². The maximum absolute atomic E-state index is 5.32. The van der Waals surface area contributed by atoms with Crippen LogP contribution in [0.3, 0.4) is 0 Å². The summed E-state index contributed by atoms with van der Waals surface area (Å²) in [7, 11) is 0. The minimum atomic E-state index is -0.128. The van der Waals surface area contributed by atoms with Gasteiger partial charge in [0.15, 0.2) is 17.5 Å². The normalized spacial score (nSPS) is 13.6. The van der Waals surface area contributed by atoms with E-state index in [0.29, 0.717) is 17.5 Å². The molecule has 0 saturated heterocycles. The molecule has 0 bridgehead atoms. The van der Waals surface area contributed by atoms with Crippen molar-refractivity contribution in [3.63, 3.8) is 0 Å². The zero-order valence-corrected chi connectivity index (χ0v) is 41.6. The molecule has 2 aliphatic carbocycles. The van der Waals surface area contributed by atoms with E-state index in [9.17, 15) is 0 Å². The third-order valence-electron chi connectivity index (χ3n) is 15.8. The summed E-state index contributed by atoms with van der Waals surface area (Å²) in [6.45, 7) is 9.42. The van der Waals surface area contributed by atoms with Crippen LogP contribution in [0.5, 0.6) is 0 Å². The number of hydrogen-bond donors (Lipinski definition) is 0. The third-order valence-corrected chi connectivity index (χ3v) is 15.8. The molecule has 350 valence electrons. The van der Waals surface area contributed by atoms with Gasteiger partial charge in [0.1, 0.15) is 0 Å². The van der Waals surface area contributed by atoms with Crippen molar-refractivity contribution in [2.45, 2.75) is 38.5 Å². The lowest BCUT2D eigenvalue weighted by Crippen LogP contribution is -2.16. The Morgan fingerprint density at radius 2 is 0.635 bits per heavy atom. The van der Waals surface area contributed by atoms with Gasteiger partial charge in [0, 0.05) is 50.7 Å². The second-order valence-corrected chi connectivity index (χ2v) is 20.9. The fraction of sp³-hybridized carbons (Fsp3) is 0.0870. The highest BCUT2D eigenvalue weighted by Crippen LogP contribution is 2.54. The van der Waals surface area contributed by atoms with Crippen molar-refractivity contribution in [3.05, 3.63) is 247 Å². The van der Waals surface area contributed by atoms with E-state index in [1.165, 1.54) is 66.8 Å². The van der Waals surface area contributed by atoms with Crippen LogP contribution in [0.1, 0.15) is 49.9 Å². The summed E-state index contributed by atoms with van der Waals surface area (Å²) in [5, 5.41) is 2.03. The van der Waals surface area contributed by atoms with Crippen molar-refractivity contribution in [1.82, 2.24) is 24.9 Å². The Morgan fingerprint density at radius 1 is 0.270 bits per heavy atom. The average Bonchev–Trinajstić information content (AvgIpc) is 3.85. The van der Waals surface area contributed by atoms with E-state index >= 15 is 0 Å². The molecule has 0 saturated carbocycles. The predicted molar refractivity (Wildman–Crippen MR) is 304 cm³/mol. The molecule has 3 heterocycles. The van der Waals surface area contributed by atoms with E-state index in [1.54, 1.807) is 0 Å². The van der Waals surface area contributed by atoms with Crippen LogP contribution in [0.15, 0.2) is 225 Å². The summed E-state index contributed by atoms with van der Waals surface area (Å²) in [4.78, 5) is 25.0. The van der Waals surface area contributed by atoms with Gasteiger partial charge in [-0.3, -0.25) is 9.97 Å². The highest BCUT2D eigenvalue weighted by atomic mass is 15.0. The number of fused-ring (bicyclic) bond motifs is 8. The summed E-state index contributed by atoms with van der Waals surface area (Å²) in [6.07, 6.45) is 3.64. The van der Waals surface area contributed by atoms with Crippen molar-refractivity contribution < 1.29 is 0 Å². The minimum absolute atomic E-state index is 0.128. The van der Waals surface area contributed by atoms with Gasteiger partial charge >= 0.3 is 0 Å². The van der Waals surface area contributed by atoms with Gasteiger partial charge in [0.25, 0.3) is 0 Å². The lowest BCUT2D eigenvalue weighted by atomic mass is 9.78. The number of aromatic nitrogens is 5. The lowest BCUT2D eigenvalue weighted by molar-refractivity contribution is 0.662. The van der Waals surface area contributed by atoms with E-state index in [-0.39, 0.29) is 10.8 Å². The summed E-state index contributed by atoms with van der Waals surface area (Å²) in [6, 6.07) is 76.7. The van der Waals surface area contributed by atoms with Gasteiger partial charge in [0.05, 0.1) is 11.0 Å². The van der Waals surface area contributed by atoms with Crippen LogP contribution in [0.25, 0.3) is 123 Å². The van der Waals surface area contributed by atoms with Gasteiger partial charge in [-0.05, 0) is 156 Å². The molecule has 74 heavy (non-hydrogen) atoms. The van der Waals surface area contributed by atoms with Crippen LogP contribution in [0.2, 0.25) is 0 Å². The first-order chi connectivity index (χ1) is 36.2. The van der Waals surface area contributed by atoms with Crippen LogP contribution >= 0.6 is 0 Å². The van der Waals surface area contributed by atoms with E-state index in [4.69, 9.17) is 15.0 Å². The van der Waals surface area contributed by atoms with E-state index in [2.05, 4.69) is 226 Å². The van der Waals surface area contributed by atoms with E-state index < -0.39 is 0 Å². The fourth-order valence-electron chi connectivity index (χ4n) is 12.1. The Kier molecular flexibility index (Phi) is 9.83. The molecule has 0 unspecified atom stereocenters. The molecule has 0 atom stereocenters. The van der Waals surface area contributed by atoms with Gasteiger partial charge in [0.2, 0.25) is 0 Å². The number of hydrogen-bond acceptors (Lipinski definition) is 5. The molecule has 14 rings (SSSR count). The Bertz CT molecular complexity index is 3980. The van der Waals surface area contributed by atoms with Crippen molar-refractivity contribution in [2.24, 2.45) is 0 Å². The number of pyridine rings is 2. The molecule has 0 amide bonds. The molecular weight excluding hydrogens is 899 g/mol. The number of benzene rings is 9. The van der Waals surface area contributed by atoms with Crippen LogP contribution < -0.4 is 0 Å². The van der Waals surface area contributed by atoms with Crippen LogP contribution in [0, 0.1) is 0 Å². The predicted octanol–water partition coefficient (Wildman–Crippen LogP) is 17.2. The molecule has 0 N–H and O–H groups in total. The molecule has 0 fully saturated rings. The zero-order valence-electron chi connectivity index (χ0n) is 41.6. The van der Waals surface area contributed by atoms with Crippen LogP contribution in [-0.2, 0) is 10.8 Å². The number of rotatable bonds is 7. The molecule has 0 spiro atoms. The molecule has 3 aromatic heterocycles. The van der Waals surface area contributed by atoms with Crippen LogP contribution in [-0.4, -0.2) is 24.9 Å². The smallest absolute Gasteiger partial charge is 0.164 e. The number of nitrogens with zero attached hydrogens (tertiary/aromatic N) is 5. The van der Waals surface area contributed by atoms with Gasteiger partial charge < -0.3 is 0 Å². The molecular formula is C69H49N5. The monoisotopic (exact) mass is 947 g/mol. The average molecular weight is 948 g/mol. The lowest BCUT2D eigenvalue weighted by Gasteiger charge is -2.24. The standard InChI is InChI=1S/C69H49N5/c1-68(2)59-21-7-5-15-55(59)57-19-9-17-53(63(57)68)44-27-23-42(24-28-44)50-39-51(43-25-29-45(30-26-43)54-18-10-20-58-56-16-6-8-22-60(56)69(3,4)64(54)58)41-52(40-50)67-73-65(48-31-33-61-46(37-48)13-11-35-70-61)72-66(74-67)49-32-34-62-47(38-49)14-12-36-71-62/h5-41H,1-4H3. The summed E-state index contributed by atoms with van der Waals surface area (Å²) in [5.41, 5.74) is 24.3. The molecule has 9 aromatic carbocycles. The molecule has 2 aliphatic rings. The van der Waals surface area contributed by atoms with Crippen molar-refractivity contribution in [1.29, 1.82) is 0 Å². The van der Waals surface area contributed by atoms with Crippen molar-refractivity contribution >= 4 is 21.8 Å². The minimum Gasteiger partial charge on any atom is -0.256 e. The fourth-order valence-corrected chi connectivity index (χ4v) is 12.1.